The third kappa shape index (κ3) is 2.39. The molecule has 0 spiro atoms. The monoisotopic (exact) mass is 221 g/mol. The second kappa shape index (κ2) is 4.89. The van der Waals surface area contributed by atoms with Crippen LogP contribution >= 0.6 is 0 Å². The Morgan fingerprint density at radius 2 is 2.31 bits per heavy atom. The minimum absolute atomic E-state index is 0.457. The number of aromatic nitrogens is 2. The number of nitrogens with zero attached hydrogens (tertiary/aromatic N) is 1. The third-order valence-corrected chi connectivity index (χ3v) is 3.37. The third-order valence-electron chi connectivity index (χ3n) is 3.37. The van der Waals surface area contributed by atoms with Crippen molar-refractivity contribution in [2.75, 3.05) is 5.32 Å². The highest BCUT2D eigenvalue weighted by Crippen LogP contribution is 2.31. The highest BCUT2D eigenvalue weighted by Gasteiger charge is 2.23. The van der Waals surface area contributed by atoms with Crippen LogP contribution in [0.2, 0.25) is 0 Å². The Morgan fingerprint density at radius 3 is 3.00 bits per heavy atom. The molecule has 16 heavy (non-hydrogen) atoms. The molecule has 0 radical (unpaired) electrons. The van der Waals surface area contributed by atoms with Gasteiger partial charge in [-0.25, -0.2) is 0 Å². The predicted octanol–water partition coefficient (Wildman–Crippen LogP) is 3.14. The minimum atomic E-state index is 0.457. The van der Waals surface area contributed by atoms with E-state index in [2.05, 4.69) is 36.3 Å². The first-order valence-electron chi connectivity index (χ1n) is 6.53. The number of nitrogens with one attached hydrogen (secondary N) is 2. The summed E-state index contributed by atoms with van der Waals surface area (Å²) in [5.41, 5.74) is 2.80. The van der Waals surface area contributed by atoms with E-state index in [1.165, 1.54) is 43.4 Å². The topological polar surface area (TPSA) is 40.7 Å². The number of hydrogen-bond acceptors (Lipinski definition) is 2. The molecule has 0 fully saturated rings. The lowest BCUT2D eigenvalue weighted by Crippen LogP contribution is -2.16. The van der Waals surface area contributed by atoms with Gasteiger partial charge >= 0.3 is 0 Å². The largest absolute Gasteiger partial charge is 0.366 e. The van der Waals surface area contributed by atoms with Gasteiger partial charge in [0, 0.05) is 17.3 Å². The molecule has 2 rings (SSSR count). The summed E-state index contributed by atoms with van der Waals surface area (Å²) >= 11 is 0. The first kappa shape index (κ1) is 11.5. The Bertz CT molecular complexity index is 341. The molecule has 1 aromatic heterocycles. The molecular weight excluding hydrogens is 198 g/mol. The van der Waals surface area contributed by atoms with Crippen molar-refractivity contribution < 1.29 is 0 Å². The van der Waals surface area contributed by atoms with Crippen LogP contribution in [0, 0.1) is 5.92 Å². The molecule has 0 bridgehead atoms. The number of aryl methyl sites for hydroxylation is 1. The maximum absolute atomic E-state index is 4.40. The SMILES string of the molecule is CCCC1CCc2[nH]nc(NC(C)C)c2C1. The maximum Gasteiger partial charge on any atom is 0.151 e. The summed E-state index contributed by atoms with van der Waals surface area (Å²) in [7, 11) is 0. The van der Waals surface area contributed by atoms with Crippen molar-refractivity contribution in [1.29, 1.82) is 0 Å². The number of rotatable bonds is 4. The Hall–Kier alpha value is -0.990. The lowest BCUT2D eigenvalue weighted by molar-refractivity contribution is 0.421. The molecule has 1 aliphatic rings. The molecule has 0 aliphatic heterocycles. The zero-order chi connectivity index (χ0) is 11.5. The fraction of sp³-hybridized carbons (Fsp3) is 0.769. The Labute approximate surface area is 98.0 Å². The molecule has 0 saturated carbocycles. The number of hydrogen-bond donors (Lipinski definition) is 2. The van der Waals surface area contributed by atoms with Gasteiger partial charge in [-0.15, -0.1) is 0 Å². The average molecular weight is 221 g/mol. The summed E-state index contributed by atoms with van der Waals surface area (Å²) in [6.45, 7) is 6.60. The molecule has 1 unspecified atom stereocenters. The summed E-state index contributed by atoms with van der Waals surface area (Å²) in [5, 5.41) is 11.0. The van der Waals surface area contributed by atoms with Gasteiger partial charge in [0.1, 0.15) is 0 Å². The summed E-state index contributed by atoms with van der Waals surface area (Å²) in [5.74, 6) is 1.95. The second-order valence-electron chi connectivity index (χ2n) is 5.23. The van der Waals surface area contributed by atoms with Crippen molar-refractivity contribution >= 4 is 5.82 Å². The summed E-state index contributed by atoms with van der Waals surface area (Å²) in [4.78, 5) is 0. The van der Waals surface area contributed by atoms with E-state index in [4.69, 9.17) is 0 Å². The zero-order valence-electron chi connectivity index (χ0n) is 10.6. The van der Waals surface area contributed by atoms with Gasteiger partial charge in [0.05, 0.1) is 0 Å². The van der Waals surface area contributed by atoms with Gasteiger partial charge in [-0.05, 0) is 39.0 Å². The van der Waals surface area contributed by atoms with Crippen molar-refractivity contribution in [3.8, 4) is 0 Å². The number of aromatic amines is 1. The molecule has 3 nitrogen and oxygen atoms in total. The molecule has 1 aliphatic carbocycles. The van der Waals surface area contributed by atoms with Gasteiger partial charge in [-0.2, -0.15) is 5.10 Å². The van der Waals surface area contributed by atoms with Crippen LogP contribution in [0.5, 0.6) is 0 Å². The summed E-state index contributed by atoms with van der Waals surface area (Å²) < 4.78 is 0. The van der Waals surface area contributed by atoms with Gasteiger partial charge in [0.25, 0.3) is 0 Å². The van der Waals surface area contributed by atoms with Crippen LogP contribution < -0.4 is 5.32 Å². The van der Waals surface area contributed by atoms with Crippen molar-refractivity contribution in [2.45, 2.75) is 58.9 Å². The lowest BCUT2D eigenvalue weighted by Gasteiger charge is -2.22. The van der Waals surface area contributed by atoms with Gasteiger partial charge < -0.3 is 5.32 Å². The van der Waals surface area contributed by atoms with E-state index in [0.717, 1.165) is 11.7 Å². The molecular formula is C13H23N3. The van der Waals surface area contributed by atoms with E-state index in [1.807, 2.05) is 0 Å². The van der Waals surface area contributed by atoms with E-state index in [1.54, 1.807) is 0 Å². The number of H-pyrrole nitrogens is 1. The van der Waals surface area contributed by atoms with Crippen LogP contribution in [0.25, 0.3) is 0 Å². The summed E-state index contributed by atoms with van der Waals surface area (Å²) in [6, 6.07) is 0.457. The highest BCUT2D eigenvalue weighted by atomic mass is 15.2. The van der Waals surface area contributed by atoms with E-state index < -0.39 is 0 Å². The first-order chi connectivity index (χ1) is 7.70. The maximum atomic E-state index is 4.40. The molecule has 0 amide bonds. The van der Waals surface area contributed by atoms with Crippen LogP contribution in [-0.2, 0) is 12.8 Å². The normalized spacial score (nSPS) is 19.9. The van der Waals surface area contributed by atoms with Crippen molar-refractivity contribution in [2.24, 2.45) is 5.92 Å². The molecule has 1 aromatic rings. The number of anilines is 1. The standard InChI is InChI=1S/C13H23N3/c1-4-5-10-6-7-12-11(8-10)13(16-15-12)14-9(2)3/h9-10H,4-8H2,1-3H3,(H2,14,15,16). The zero-order valence-corrected chi connectivity index (χ0v) is 10.6. The summed E-state index contributed by atoms with van der Waals surface area (Å²) in [6.07, 6.45) is 6.35. The fourth-order valence-corrected chi connectivity index (χ4v) is 2.61. The van der Waals surface area contributed by atoms with Crippen molar-refractivity contribution in [1.82, 2.24) is 10.2 Å². The van der Waals surface area contributed by atoms with Crippen LogP contribution in [0.4, 0.5) is 5.82 Å². The predicted molar refractivity (Wildman–Crippen MR) is 67.8 cm³/mol. The van der Waals surface area contributed by atoms with Crippen molar-refractivity contribution in [3.05, 3.63) is 11.3 Å². The van der Waals surface area contributed by atoms with E-state index >= 15 is 0 Å². The van der Waals surface area contributed by atoms with E-state index in [9.17, 15) is 0 Å². The van der Waals surface area contributed by atoms with Crippen LogP contribution in [0.15, 0.2) is 0 Å². The molecule has 90 valence electrons. The minimum Gasteiger partial charge on any atom is -0.366 e. The fourth-order valence-electron chi connectivity index (χ4n) is 2.61. The smallest absolute Gasteiger partial charge is 0.151 e. The molecule has 2 N–H and O–H groups in total. The molecule has 1 heterocycles. The Morgan fingerprint density at radius 1 is 1.50 bits per heavy atom. The molecule has 3 heteroatoms. The quantitative estimate of drug-likeness (QED) is 0.820. The van der Waals surface area contributed by atoms with Gasteiger partial charge in [-0.3, -0.25) is 5.10 Å². The van der Waals surface area contributed by atoms with Gasteiger partial charge in [0.2, 0.25) is 0 Å². The van der Waals surface area contributed by atoms with E-state index in [-0.39, 0.29) is 0 Å². The Kier molecular flexibility index (Phi) is 3.52. The molecule has 0 saturated heterocycles. The number of fused-ring (bicyclic) bond motifs is 1. The average Bonchev–Trinajstić information content (AvgIpc) is 2.61. The molecule has 1 atom stereocenters. The van der Waals surface area contributed by atoms with Gasteiger partial charge in [0.15, 0.2) is 5.82 Å². The highest BCUT2D eigenvalue weighted by molar-refractivity contribution is 5.48. The lowest BCUT2D eigenvalue weighted by atomic mass is 9.84. The second-order valence-corrected chi connectivity index (χ2v) is 5.23. The molecule has 0 aromatic carbocycles. The Balaban J connectivity index is 2.11. The first-order valence-corrected chi connectivity index (χ1v) is 6.53. The van der Waals surface area contributed by atoms with Gasteiger partial charge in [-0.1, -0.05) is 19.8 Å². The van der Waals surface area contributed by atoms with E-state index in [0.29, 0.717) is 6.04 Å². The van der Waals surface area contributed by atoms with Crippen LogP contribution in [0.1, 0.15) is 51.3 Å². The van der Waals surface area contributed by atoms with Crippen LogP contribution in [-0.4, -0.2) is 16.2 Å². The van der Waals surface area contributed by atoms with Crippen molar-refractivity contribution in [3.63, 3.8) is 0 Å². The van der Waals surface area contributed by atoms with Crippen LogP contribution in [0.3, 0.4) is 0 Å².